The predicted octanol–water partition coefficient (Wildman–Crippen LogP) is 19.1. The Labute approximate surface area is 404 Å². The molecule has 0 radical (unpaired) electrons. The molecule has 382 valence electrons. The maximum atomic E-state index is 12.8. The maximum absolute atomic E-state index is 12.8. The summed E-state index contributed by atoms with van der Waals surface area (Å²) >= 11 is 0. The Bertz CT molecular complexity index is 1050. The monoisotopic (exact) mass is 915 g/mol. The summed E-state index contributed by atoms with van der Waals surface area (Å²) in [6.45, 7) is 6.64. The van der Waals surface area contributed by atoms with E-state index in [1.165, 1.54) is 212 Å². The summed E-state index contributed by atoms with van der Waals surface area (Å²) in [6.07, 6.45) is 63.2. The van der Waals surface area contributed by atoms with Crippen molar-refractivity contribution < 1.29 is 28.6 Å². The Hall–Kier alpha value is -2.11. The van der Waals surface area contributed by atoms with Gasteiger partial charge in [0.2, 0.25) is 0 Å². The maximum Gasteiger partial charge on any atom is 0.306 e. The molecule has 0 saturated heterocycles. The Balaban J connectivity index is 4.20. The molecule has 6 nitrogen and oxygen atoms in total. The van der Waals surface area contributed by atoms with Crippen molar-refractivity contribution in [1.29, 1.82) is 0 Å². The van der Waals surface area contributed by atoms with Gasteiger partial charge in [-0.25, -0.2) is 0 Å². The van der Waals surface area contributed by atoms with Crippen LogP contribution in [-0.2, 0) is 28.6 Å². The Kier molecular flexibility index (Phi) is 52.7. The zero-order valence-electron chi connectivity index (χ0n) is 43.8. The first-order valence-corrected chi connectivity index (χ1v) is 28.8. The first kappa shape index (κ1) is 62.9. The van der Waals surface area contributed by atoms with Gasteiger partial charge in [0.15, 0.2) is 6.10 Å². The van der Waals surface area contributed by atoms with Crippen LogP contribution in [-0.4, -0.2) is 37.2 Å². The van der Waals surface area contributed by atoms with E-state index >= 15 is 0 Å². The SMILES string of the molecule is CCCCCCC/C=C\C/C=C\CCCCCCCCCCCC(=O)OCC(COC(=O)CCCCCCCCCC)OC(=O)CCCCCCCCCCCCCCCCCCCC. The highest BCUT2D eigenvalue weighted by Crippen LogP contribution is 2.17. The average Bonchev–Trinajstić information content (AvgIpc) is 3.30. The molecule has 0 aromatic heterocycles. The molecule has 1 unspecified atom stereocenters. The normalized spacial score (nSPS) is 12.1. The van der Waals surface area contributed by atoms with Gasteiger partial charge in [-0.3, -0.25) is 14.4 Å². The molecule has 0 heterocycles. The smallest absolute Gasteiger partial charge is 0.306 e. The summed E-state index contributed by atoms with van der Waals surface area (Å²) in [7, 11) is 0. The fourth-order valence-electron chi connectivity index (χ4n) is 8.59. The van der Waals surface area contributed by atoms with E-state index in [1.807, 2.05) is 0 Å². The van der Waals surface area contributed by atoms with Crippen LogP contribution in [0.1, 0.15) is 316 Å². The van der Waals surface area contributed by atoms with E-state index in [0.29, 0.717) is 19.3 Å². The first-order valence-electron chi connectivity index (χ1n) is 28.8. The van der Waals surface area contributed by atoms with Crippen molar-refractivity contribution in [1.82, 2.24) is 0 Å². The molecular weight excluding hydrogens is 805 g/mol. The fourth-order valence-corrected chi connectivity index (χ4v) is 8.59. The van der Waals surface area contributed by atoms with E-state index in [1.54, 1.807) is 0 Å². The second kappa shape index (κ2) is 54.5. The minimum atomic E-state index is -0.766. The molecule has 0 spiro atoms. The molecule has 6 heteroatoms. The van der Waals surface area contributed by atoms with Crippen molar-refractivity contribution in [3.63, 3.8) is 0 Å². The van der Waals surface area contributed by atoms with Gasteiger partial charge < -0.3 is 14.2 Å². The van der Waals surface area contributed by atoms with Crippen molar-refractivity contribution in [2.75, 3.05) is 13.2 Å². The molecule has 65 heavy (non-hydrogen) atoms. The molecule has 1 atom stereocenters. The standard InChI is InChI=1S/C59H110O6/c1-4-7-10-13-16-19-21-23-25-27-29-30-31-33-34-36-38-40-43-46-49-52-58(61)64-55-56(54-63-57(60)51-48-45-42-18-15-12-9-6-3)65-59(62)53-50-47-44-41-39-37-35-32-28-26-24-22-20-17-14-11-8-5-2/h21,23,27,29,56H,4-20,22,24-26,28,30-55H2,1-3H3/b23-21-,29-27-. The summed E-state index contributed by atoms with van der Waals surface area (Å²) in [6, 6.07) is 0. The summed E-state index contributed by atoms with van der Waals surface area (Å²) < 4.78 is 16.8. The molecule has 0 aromatic rings. The van der Waals surface area contributed by atoms with Crippen LogP contribution >= 0.6 is 0 Å². The molecule has 0 amide bonds. The van der Waals surface area contributed by atoms with E-state index in [2.05, 4.69) is 45.1 Å². The van der Waals surface area contributed by atoms with Crippen LogP contribution in [0.15, 0.2) is 24.3 Å². The topological polar surface area (TPSA) is 78.9 Å². The van der Waals surface area contributed by atoms with Gasteiger partial charge in [0.05, 0.1) is 0 Å². The minimum absolute atomic E-state index is 0.0678. The van der Waals surface area contributed by atoms with Crippen LogP contribution in [0.25, 0.3) is 0 Å². The largest absolute Gasteiger partial charge is 0.462 e. The van der Waals surface area contributed by atoms with Crippen LogP contribution in [0.3, 0.4) is 0 Å². The summed E-state index contributed by atoms with van der Waals surface area (Å²) in [5.41, 5.74) is 0. The highest BCUT2D eigenvalue weighted by molar-refractivity contribution is 5.71. The van der Waals surface area contributed by atoms with Crippen LogP contribution in [0.4, 0.5) is 0 Å². The molecule has 0 aliphatic rings. The number of carbonyl (C=O) groups is 3. The molecule has 0 bridgehead atoms. The minimum Gasteiger partial charge on any atom is -0.462 e. The molecule has 0 N–H and O–H groups in total. The van der Waals surface area contributed by atoms with E-state index < -0.39 is 6.10 Å². The average molecular weight is 916 g/mol. The van der Waals surface area contributed by atoms with Crippen LogP contribution in [0, 0.1) is 0 Å². The van der Waals surface area contributed by atoms with Gasteiger partial charge in [0, 0.05) is 19.3 Å². The predicted molar refractivity (Wildman–Crippen MR) is 279 cm³/mol. The molecule has 0 aliphatic heterocycles. The molecule has 0 saturated carbocycles. The Morgan fingerprint density at radius 2 is 0.554 bits per heavy atom. The third-order valence-corrected chi connectivity index (χ3v) is 13.0. The van der Waals surface area contributed by atoms with Gasteiger partial charge in [-0.2, -0.15) is 0 Å². The number of hydrogen-bond donors (Lipinski definition) is 0. The number of hydrogen-bond acceptors (Lipinski definition) is 6. The third-order valence-electron chi connectivity index (χ3n) is 13.0. The number of ether oxygens (including phenoxy) is 3. The van der Waals surface area contributed by atoms with Crippen molar-refractivity contribution in [3.05, 3.63) is 24.3 Å². The number of carbonyl (C=O) groups excluding carboxylic acids is 3. The van der Waals surface area contributed by atoms with Gasteiger partial charge in [-0.05, 0) is 51.4 Å². The lowest BCUT2D eigenvalue weighted by atomic mass is 10.0. The number of unbranched alkanes of at least 4 members (excludes halogenated alkanes) is 38. The second-order valence-corrected chi connectivity index (χ2v) is 19.6. The lowest BCUT2D eigenvalue weighted by molar-refractivity contribution is -0.167. The summed E-state index contributed by atoms with van der Waals surface area (Å²) in [4.78, 5) is 38.0. The van der Waals surface area contributed by atoms with E-state index in [-0.39, 0.29) is 31.1 Å². The van der Waals surface area contributed by atoms with Gasteiger partial charge in [-0.15, -0.1) is 0 Å². The highest BCUT2D eigenvalue weighted by Gasteiger charge is 2.19. The van der Waals surface area contributed by atoms with Crippen molar-refractivity contribution in [2.24, 2.45) is 0 Å². The molecule has 0 rings (SSSR count). The molecular formula is C59H110O6. The first-order chi connectivity index (χ1) is 32.0. The van der Waals surface area contributed by atoms with Crippen molar-refractivity contribution in [2.45, 2.75) is 322 Å². The quantitative estimate of drug-likeness (QED) is 0.0262. The van der Waals surface area contributed by atoms with Gasteiger partial charge in [0.1, 0.15) is 13.2 Å². The van der Waals surface area contributed by atoms with E-state index in [9.17, 15) is 14.4 Å². The molecule has 0 fully saturated rings. The van der Waals surface area contributed by atoms with Crippen LogP contribution in [0.2, 0.25) is 0 Å². The Morgan fingerprint density at radius 1 is 0.308 bits per heavy atom. The fraction of sp³-hybridized carbons (Fsp3) is 0.881. The summed E-state index contributed by atoms with van der Waals surface area (Å²) in [5.74, 6) is -0.857. The second-order valence-electron chi connectivity index (χ2n) is 19.6. The zero-order valence-corrected chi connectivity index (χ0v) is 43.8. The lowest BCUT2D eigenvalue weighted by Gasteiger charge is -2.18. The molecule has 0 aromatic carbocycles. The highest BCUT2D eigenvalue weighted by atomic mass is 16.6. The zero-order chi connectivity index (χ0) is 47.2. The summed E-state index contributed by atoms with van der Waals surface area (Å²) in [5, 5.41) is 0. The van der Waals surface area contributed by atoms with E-state index in [4.69, 9.17) is 14.2 Å². The lowest BCUT2D eigenvalue weighted by Crippen LogP contribution is -2.30. The van der Waals surface area contributed by atoms with Crippen LogP contribution in [0.5, 0.6) is 0 Å². The number of esters is 3. The Morgan fingerprint density at radius 3 is 0.846 bits per heavy atom. The van der Waals surface area contributed by atoms with Crippen LogP contribution < -0.4 is 0 Å². The third kappa shape index (κ3) is 52.7. The molecule has 0 aliphatic carbocycles. The number of allylic oxidation sites excluding steroid dienone is 4. The van der Waals surface area contributed by atoms with Crippen molar-refractivity contribution in [3.8, 4) is 0 Å². The van der Waals surface area contributed by atoms with Crippen molar-refractivity contribution >= 4 is 17.9 Å². The van der Waals surface area contributed by atoms with E-state index in [0.717, 1.165) is 64.2 Å². The van der Waals surface area contributed by atoms with Gasteiger partial charge in [-0.1, -0.05) is 270 Å². The number of rotatable bonds is 53. The van der Waals surface area contributed by atoms with Gasteiger partial charge in [0.25, 0.3) is 0 Å². The van der Waals surface area contributed by atoms with Gasteiger partial charge >= 0.3 is 17.9 Å².